The average Bonchev–Trinajstić information content (AvgIpc) is 2.26. The van der Waals surface area contributed by atoms with Crippen LogP contribution >= 0.6 is 0 Å². The summed E-state index contributed by atoms with van der Waals surface area (Å²) in [4.78, 5) is 11.5. The quantitative estimate of drug-likeness (QED) is 0.630. The molecule has 0 aliphatic rings. The van der Waals surface area contributed by atoms with Gasteiger partial charge in [0.1, 0.15) is 5.60 Å². The number of ether oxygens (including phenoxy) is 1. The van der Waals surface area contributed by atoms with Crippen molar-refractivity contribution in [3.8, 4) is 0 Å². The second kappa shape index (κ2) is 6.23. The van der Waals surface area contributed by atoms with Crippen LogP contribution in [0.25, 0.3) is 0 Å². The van der Waals surface area contributed by atoms with Crippen LogP contribution in [-0.2, 0) is 19.6 Å². The minimum absolute atomic E-state index is 0.0218. The molecule has 0 amide bonds. The molecule has 0 fully saturated rings. The molecule has 6 nitrogen and oxygen atoms in total. The average molecular weight is 300 g/mol. The summed E-state index contributed by atoms with van der Waals surface area (Å²) >= 11 is 0. The number of anilines is 1. The maximum Gasteiger partial charge on any atom is 0.307 e. The van der Waals surface area contributed by atoms with Crippen molar-refractivity contribution in [1.29, 1.82) is 0 Å². The molecule has 1 aromatic carbocycles. The molecular weight excluding hydrogens is 280 g/mol. The second-order valence-electron chi connectivity index (χ2n) is 5.31. The van der Waals surface area contributed by atoms with E-state index in [9.17, 15) is 13.2 Å². The number of rotatable bonds is 5. The fourth-order valence-electron chi connectivity index (χ4n) is 1.45. The number of nitrogens with one attached hydrogen (secondary N) is 1. The molecule has 0 unspecified atom stereocenters. The van der Waals surface area contributed by atoms with E-state index in [2.05, 4.69) is 4.72 Å². The highest BCUT2D eigenvalue weighted by atomic mass is 32.2. The number of benzene rings is 1. The third-order valence-corrected chi connectivity index (χ3v) is 3.67. The lowest BCUT2D eigenvalue weighted by atomic mass is 10.2. The topological polar surface area (TPSA) is 98.5 Å². The van der Waals surface area contributed by atoms with E-state index in [4.69, 9.17) is 10.5 Å². The molecule has 20 heavy (non-hydrogen) atoms. The molecular formula is C13H20N2O4S. The van der Waals surface area contributed by atoms with Gasteiger partial charge in [-0.25, -0.2) is 13.1 Å². The predicted octanol–water partition coefficient (Wildman–Crippen LogP) is 1.28. The van der Waals surface area contributed by atoms with Crippen molar-refractivity contribution < 1.29 is 17.9 Å². The van der Waals surface area contributed by atoms with Crippen LogP contribution in [0.1, 0.15) is 27.2 Å². The van der Waals surface area contributed by atoms with Gasteiger partial charge in [0.25, 0.3) is 0 Å². The molecule has 0 radical (unpaired) electrons. The van der Waals surface area contributed by atoms with Crippen molar-refractivity contribution in [2.75, 3.05) is 12.3 Å². The monoisotopic (exact) mass is 300 g/mol. The van der Waals surface area contributed by atoms with Gasteiger partial charge in [-0.15, -0.1) is 0 Å². The summed E-state index contributed by atoms with van der Waals surface area (Å²) in [5.74, 6) is -0.451. The van der Waals surface area contributed by atoms with Gasteiger partial charge in [-0.05, 0) is 39.0 Å². The maximum atomic E-state index is 11.9. The van der Waals surface area contributed by atoms with Crippen LogP contribution in [0.15, 0.2) is 29.2 Å². The lowest BCUT2D eigenvalue weighted by molar-refractivity contribution is -0.154. The van der Waals surface area contributed by atoms with Gasteiger partial charge in [-0.3, -0.25) is 4.79 Å². The van der Waals surface area contributed by atoms with Gasteiger partial charge in [0.05, 0.1) is 11.3 Å². The third-order valence-electron chi connectivity index (χ3n) is 2.21. The van der Waals surface area contributed by atoms with E-state index in [0.717, 1.165) is 0 Å². The molecule has 3 N–H and O–H groups in total. The molecule has 0 aliphatic carbocycles. The van der Waals surface area contributed by atoms with Gasteiger partial charge in [-0.2, -0.15) is 0 Å². The van der Waals surface area contributed by atoms with Crippen LogP contribution in [0.4, 0.5) is 5.69 Å². The number of esters is 1. The van der Waals surface area contributed by atoms with Crippen molar-refractivity contribution in [1.82, 2.24) is 4.72 Å². The SMILES string of the molecule is CC(C)(C)OC(=O)CCNS(=O)(=O)c1cccc(N)c1. The smallest absolute Gasteiger partial charge is 0.307 e. The highest BCUT2D eigenvalue weighted by Crippen LogP contribution is 2.12. The van der Waals surface area contributed by atoms with Gasteiger partial charge in [0, 0.05) is 12.2 Å². The fraction of sp³-hybridized carbons (Fsp3) is 0.462. The molecule has 0 saturated carbocycles. The summed E-state index contributed by atoms with van der Waals surface area (Å²) in [5.41, 5.74) is 5.32. The molecule has 0 aromatic heterocycles. The standard InChI is InChI=1S/C13H20N2O4S/c1-13(2,3)19-12(16)7-8-15-20(17,18)11-6-4-5-10(14)9-11/h4-6,9,15H,7-8,14H2,1-3H3. The Balaban J connectivity index is 2.55. The Morgan fingerprint density at radius 1 is 1.35 bits per heavy atom. The minimum atomic E-state index is -3.66. The van der Waals surface area contributed by atoms with E-state index in [0.29, 0.717) is 5.69 Å². The Morgan fingerprint density at radius 2 is 2.00 bits per heavy atom. The first kappa shape index (κ1) is 16.5. The zero-order valence-corrected chi connectivity index (χ0v) is 12.7. The number of hydrogen-bond acceptors (Lipinski definition) is 5. The zero-order valence-electron chi connectivity index (χ0n) is 11.8. The van der Waals surface area contributed by atoms with Crippen molar-refractivity contribution >= 4 is 21.7 Å². The fourth-order valence-corrected chi connectivity index (χ4v) is 2.53. The summed E-state index contributed by atoms with van der Waals surface area (Å²) in [6, 6.07) is 5.94. The number of carbonyl (C=O) groups excluding carboxylic acids is 1. The summed E-state index contributed by atoms with van der Waals surface area (Å²) < 4.78 is 31.3. The Bertz CT molecular complexity index is 576. The highest BCUT2D eigenvalue weighted by molar-refractivity contribution is 7.89. The lowest BCUT2D eigenvalue weighted by Gasteiger charge is -2.19. The summed E-state index contributed by atoms with van der Waals surface area (Å²) in [5, 5.41) is 0. The molecule has 112 valence electrons. The first-order chi connectivity index (χ1) is 9.10. The van der Waals surface area contributed by atoms with Gasteiger partial charge in [0.2, 0.25) is 10.0 Å². The van der Waals surface area contributed by atoms with Crippen molar-refractivity contribution in [2.24, 2.45) is 0 Å². The van der Waals surface area contributed by atoms with Gasteiger partial charge in [-0.1, -0.05) is 6.07 Å². The zero-order chi connectivity index (χ0) is 15.4. The number of nitrogens with two attached hydrogens (primary N) is 1. The normalized spacial score (nSPS) is 12.2. The van der Waals surface area contributed by atoms with E-state index in [1.54, 1.807) is 32.9 Å². The second-order valence-corrected chi connectivity index (χ2v) is 7.07. The van der Waals surface area contributed by atoms with E-state index < -0.39 is 21.6 Å². The minimum Gasteiger partial charge on any atom is -0.460 e. The first-order valence-electron chi connectivity index (χ1n) is 6.17. The largest absolute Gasteiger partial charge is 0.460 e. The molecule has 0 atom stereocenters. The number of sulfonamides is 1. The molecule has 7 heteroatoms. The summed E-state index contributed by atoms with van der Waals surface area (Å²) in [7, 11) is -3.66. The van der Waals surface area contributed by atoms with E-state index in [-0.39, 0.29) is 17.9 Å². The van der Waals surface area contributed by atoms with Gasteiger partial charge in [0.15, 0.2) is 0 Å². The van der Waals surface area contributed by atoms with Crippen LogP contribution in [-0.4, -0.2) is 26.5 Å². The summed E-state index contributed by atoms with van der Waals surface area (Å²) in [6.07, 6.45) is -0.0290. The van der Waals surface area contributed by atoms with Crippen molar-refractivity contribution in [2.45, 2.75) is 37.7 Å². The van der Waals surface area contributed by atoms with Gasteiger partial charge < -0.3 is 10.5 Å². The molecule has 1 aromatic rings. The molecule has 0 heterocycles. The molecule has 0 aliphatic heterocycles. The van der Waals surface area contributed by atoms with E-state index in [1.165, 1.54) is 12.1 Å². The molecule has 0 bridgehead atoms. The lowest BCUT2D eigenvalue weighted by Crippen LogP contribution is -2.29. The number of nitrogen functional groups attached to an aromatic ring is 1. The van der Waals surface area contributed by atoms with Crippen molar-refractivity contribution in [3.63, 3.8) is 0 Å². The maximum absolute atomic E-state index is 11.9. The Morgan fingerprint density at radius 3 is 2.55 bits per heavy atom. The van der Waals surface area contributed by atoms with E-state index >= 15 is 0 Å². The Kier molecular flexibility index (Phi) is 5.13. The Labute approximate surface area is 119 Å². The first-order valence-corrected chi connectivity index (χ1v) is 7.65. The number of carbonyl (C=O) groups is 1. The van der Waals surface area contributed by atoms with Crippen molar-refractivity contribution in [3.05, 3.63) is 24.3 Å². The van der Waals surface area contributed by atoms with Gasteiger partial charge >= 0.3 is 5.97 Å². The predicted molar refractivity (Wildman–Crippen MR) is 76.5 cm³/mol. The molecule has 0 spiro atoms. The highest BCUT2D eigenvalue weighted by Gasteiger charge is 2.18. The van der Waals surface area contributed by atoms with Crippen LogP contribution in [0, 0.1) is 0 Å². The number of hydrogen-bond donors (Lipinski definition) is 2. The van der Waals surface area contributed by atoms with Crippen LogP contribution in [0.5, 0.6) is 0 Å². The van der Waals surface area contributed by atoms with Crippen LogP contribution in [0.2, 0.25) is 0 Å². The van der Waals surface area contributed by atoms with E-state index in [1.807, 2.05) is 0 Å². The summed E-state index contributed by atoms with van der Waals surface area (Å²) in [6.45, 7) is 5.23. The molecule has 0 saturated heterocycles. The molecule has 1 rings (SSSR count). The third kappa shape index (κ3) is 5.58. The Hall–Kier alpha value is -1.60. The van der Waals surface area contributed by atoms with Crippen LogP contribution in [0.3, 0.4) is 0 Å². The van der Waals surface area contributed by atoms with Crippen LogP contribution < -0.4 is 10.5 Å².